The molecule has 0 saturated carbocycles. The highest BCUT2D eigenvalue weighted by atomic mass is 14.2. The zero-order chi connectivity index (χ0) is 25.6. The molecule has 0 atom stereocenters. The van der Waals surface area contributed by atoms with Gasteiger partial charge in [-0.2, -0.15) is 0 Å². The fourth-order valence-electron chi connectivity index (χ4n) is 6.10. The molecule has 0 nitrogen and oxygen atoms in total. The Morgan fingerprint density at radius 1 is 0.447 bits per heavy atom. The van der Waals surface area contributed by atoms with Crippen molar-refractivity contribution in [1.29, 1.82) is 0 Å². The van der Waals surface area contributed by atoms with Gasteiger partial charge in [0.25, 0.3) is 0 Å². The third kappa shape index (κ3) is 3.53. The SMILES string of the molecule is CC=Cc1ccc2ccc(-c3c4ccccc4c(-c4ccc5ccccc5c4)c4ccccc34)cc2c1C. The highest BCUT2D eigenvalue weighted by Crippen LogP contribution is 2.44. The van der Waals surface area contributed by atoms with Crippen molar-refractivity contribution < 1.29 is 0 Å². The normalized spacial score (nSPS) is 11.8. The summed E-state index contributed by atoms with van der Waals surface area (Å²) in [6.07, 6.45) is 4.31. The lowest BCUT2D eigenvalue weighted by Crippen LogP contribution is -1.92. The molecule has 0 N–H and O–H groups in total. The smallest absolute Gasteiger partial charge is 0.00262 e. The van der Waals surface area contributed by atoms with Crippen molar-refractivity contribution in [2.45, 2.75) is 13.8 Å². The van der Waals surface area contributed by atoms with Gasteiger partial charge in [-0.3, -0.25) is 0 Å². The van der Waals surface area contributed by atoms with Crippen molar-refractivity contribution >= 4 is 49.2 Å². The van der Waals surface area contributed by atoms with Crippen LogP contribution in [0.15, 0.2) is 127 Å². The number of rotatable bonds is 3. The van der Waals surface area contributed by atoms with Crippen LogP contribution in [0.1, 0.15) is 18.1 Å². The molecule has 0 aliphatic heterocycles. The summed E-state index contributed by atoms with van der Waals surface area (Å²) >= 11 is 0. The lowest BCUT2D eigenvalue weighted by Gasteiger charge is -2.18. The van der Waals surface area contributed by atoms with E-state index >= 15 is 0 Å². The van der Waals surface area contributed by atoms with Gasteiger partial charge in [0.1, 0.15) is 0 Å². The maximum absolute atomic E-state index is 2.39. The van der Waals surface area contributed by atoms with Crippen LogP contribution >= 0.6 is 0 Å². The zero-order valence-electron chi connectivity index (χ0n) is 21.7. The number of fused-ring (bicyclic) bond motifs is 4. The molecule has 0 saturated heterocycles. The van der Waals surface area contributed by atoms with Crippen LogP contribution < -0.4 is 0 Å². The van der Waals surface area contributed by atoms with Gasteiger partial charge >= 0.3 is 0 Å². The average Bonchev–Trinajstić information content (AvgIpc) is 2.97. The van der Waals surface area contributed by atoms with Gasteiger partial charge in [0, 0.05) is 0 Å². The van der Waals surface area contributed by atoms with E-state index in [1.807, 2.05) is 0 Å². The van der Waals surface area contributed by atoms with Gasteiger partial charge in [0.05, 0.1) is 0 Å². The molecule has 0 heteroatoms. The highest BCUT2D eigenvalue weighted by Gasteiger charge is 2.17. The molecule has 0 heterocycles. The molecule has 7 aromatic rings. The molecule has 180 valence electrons. The minimum absolute atomic E-state index is 1.26. The van der Waals surface area contributed by atoms with Gasteiger partial charge in [0.2, 0.25) is 0 Å². The molecule has 7 rings (SSSR count). The van der Waals surface area contributed by atoms with Crippen LogP contribution in [0.2, 0.25) is 0 Å². The van der Waals surface area contributed by atoms with E-state index in [4.69, 9.17) is 0 Å². The minimum atomic E-state index is 1.26. The number of hydrogen-bond donors (Lipinski definition) is 0. The highest BCUT2D eigenvalue weighted by molar-refractivity contribution is 6.22. The van der Waals surface area contributed by atoms with Crippen molar-refractivity contribution in [2.75, 3.05) is 0 Å². The standard InChI is InChI=1S/C38H28/c1-3-10-26-17-19-28-20-22-31(24-36(28)25(26)2)38-34-15-8-6-13-32(34)37(33-14-7-9-16-35(33)38)30-21-18-27-11-4-5-12-29(27)23-30/h3-24H,1-2H3. The van der Waals surface area contributed by atoms with E-state index in [1.54, 1.807) is 0 Å². The van der Waals surface area contributed by atoms with Crippen LogP contribution in [-0.2, 0) is 0 Å². The Hall–Kier alpha value is -4.68. The third-order valence-electron chi connectivity index (χ3n) is 7.94. The van der Waals surface area contributed by atoms with Crippen molar-refractivity contribution in [3.63, 3.8) is 0 Å². The van der Waals surface area contributed by atoms with Gasteiger partial charge < -0.3 is 0 Å². The molecular formula is C38H28. The lowest BCUT2D eigenvalue weighted by atomic mass is 9.85. The molecule has 0 amide bonds. The third-order valence-corrected chi connectivity index (χ3v) is 7.94. The van der Waals surface area contributed by atoms with Crippen molar-refractivity contribution in [3.05, 3.63) is 139 Å². The fraction of sp³-hybridized carbons (Fsp3) is 0.0526. The summed E-state index contributed by atoms with van der Waals surface area (Å²) in [5.41, 5.74) is 7.72. The second kappa shape index (κ2) is 9.01. The summed E-state index contributed by atoms with van der Waals surface area (Å²) in [6, 6.07) is 44.7. The van der Waals surface area contributed by atoms with Gasteiger partial charge in [-0.15, -0.1) is 0 Å². The van der Waals surface area contributed by atoms with E-state index < -0.39 is 0 Å². The van der Waals surface area contributed by atoms with Gasteiger partial charge in [-0.25, -0.2) is 0 Å². The van der Waals surface area contributed by atoms with Crippen LogP contribution in [0.4, 0.5) is 0 Å². The van der Waals surface area contributed by atoms with E-state index in [2.05, 4.69) is 147 Å². The fourth-order valence-corrected chi connectivity index (χ4v) is 6.10. The maximum atomic E-state index is 2.39. The monoisotopic (exact) mass is 484 g/mol. The van der Waals surface area contributed by atoms with E-state index in [-0.39, 0.29) is 0 Å². The van der Waals surface area contributed by atoms with Crippen LogP contribution in [0.25, 0.3) is 71.4 Å². The Morgan fingerprint density at radius 3 is 1.55 bits per heavy atom. The van der Waals surface area contributed by atoms with Gasteiger partial charge in [-0.1, -0.05) is 121 Å². The molecule has 0 aliphatic rings. The second-order valence-corrected chi connectivity index (χ2v) is 10.1. The molecule has 38 heavy (non-hydrogen) atoms. The number of aryl methyl sites for hydroxylation is 1. The molecule has 0 spiro atoms. The molecular weight excluding hydrogens is 456 g/mol. The number of benzene rings is 7. The van der Waals surface area contributed by atoms with Crippen molar-refractivity contribution in [1.82, 2.24) is 0 Å². The van der Waals surface area contributed by atoms with Crippen LogP contribution in [0, 0.1) is 6.92 Å². The molecule has 7 aromatic carbocycles. The quantitative estimate of drug-likeness (QED) is 0.219. The van der Waals surface area contributed by atoms with Gasteiger partial charge in [-0.05, 0) is 102 Å². The minimum Gasteiger partial charge on any atom is -0.0871 e. The molecule has 0 radical (unpaired) electrons. The lowest BCUT2D eigenvalue weighted by molar-refractivity contribution is 1.49. The topological polar surface area (TPSA) is 0 Å². The Bertz CT molecular complexity index is 1980. The summed E-state index contributed by atoms with van der Waals surface area (Å²) in [7, 11) is 0. The first-order chi connectivity index (χ1) is 18.7. The summed E-state index contributed by atoms with van der Waals surface area (Å²) in [6.45, 7) is 4.32. The maximum Gasteiger partial charge on any atom is -0.00262 e. The van der Waals surface area contributed by atoms with Crippen LogP contribution in [0.5, 0.6) is 0 Å². The second-order valence-electron chi connectivity index (χ2n) is 10.1. The average molecular weight is 485 g/mol. The van der Waals surface area contributed by atoms with Crippen molar-refractivity contribution in [3.8, 4) is 22.3 Å². The summed E-state index contributed by atoms with van der Waals surface area (Å²) in [4.78, 5) is 0. The first-order valence-electron chi connectivity index (χ1n) is 13.3. The summed E-state index contributed by atoms with van der Waals surface area (Å²) in [5, 5.41) is 10.3. The summed E-state index contributed by atoms with van der Waals surface area (Å²) in [5.74, 6) is 0. The van der Waals surface area contributed by atoms with E-state index in [1.165, 1.54) is 76.5 Å². The molecule has 0 bridgehead atoms. The first-order valence-corrected chi connectivity index (χ1v) is 13.3. The Kier molecular flexibility index (Phi) is 5.34. The van der Waals surface area contributed by atoms with E-state index in [0.717, 1.165) is 0 Å². The summed E-state index contributed by atoms with van der Waals surface area (Å²) < 4.78 is 0. The molecule has 0 aliphatic carbocycles. The van der Waals surface area contributed by atoms with E-state index in [0.29, 0.717) is 0 Å². The van der Waals surface area contributed by atoms with Crippen LogP contribution in [-0.4, -0.2) is 0 Å². The Balaban J connectivity index is 1.57. The predicted molar refractivity (Wildman–Crippen MR) is 167 cm³/mol. The van der Waals surface area contributed by atoms with Crippen molar-refractivity contribution in [2.24, 2.45) is 0 Å². The largest absolute Gasteiger partial charge is 0.0871 e. The number of allylic oxidation sites excluding steroid dienone is 1. The Labute approximate surface area is 223 Å². The predicted octanol–water partition coefficient (Wildman–Crippen LogP) is 11.0. The zero-order valence-corrected chi connectivity index (χ0v) is 21.7. The number of hydrogen-bond acceptors (Lipinski definition) is 0. The Morgan fingerprint density at radius 2 is 0.947 bits per heavy atom. The van der Waals surface area contributed by atoms with Crippen LogP contribution in [0.3, 0.4) is 0 Å². The molecule has 0 fully saturated rings. The molecule has 0 aromatic heterocycles. The van der Waals surface area contributed by atoms with Gasteiger partial charge in [0.15, 0.2) is 0 Å². The van der Waals surface area contributed by atoms with E-state index in [9.17, 15) is 0 Å². The first kappa shape index (κ1) is 22.5. The molecule has 0 unspecified atom stereocenters.